The second-order valence-electron chi connectivity index (χ2n) is 3.11. The van der Waals surface area contributed by atoms with Crippen LogP contribution in [0.3, 0.4) is 0 Å². The molecule has 1 aromatic heterocycles. The van der Waals surface area contributed by atoms with Gasteiger partial charge >= 0.3 is 0 Å². The van der Waals surface area contributed by atoms with Gasteiger partial charge in [-0.3, -0.25) is 0 Å². The molecule has 0 spiro atoms. The zero-order valence-electron chi connectivity index (χ0n) is 6.83. The van der Waals surface area contributed by atoms with Gasteiger partial charge in [0.1, 0.15) is 0 Å². The van der Waals surface area contributed by atoms with Crippen LogP contribution in [0.4, 0.5) is 5.95 Å². The normalized spacial score (nSPS) is 20.9. The molecule has 64 valence electrons. The van der Waals surface area contributed by atoms with E-state index in [1.807, 2.05) is 6.20 Å². The Balaban J connectivity index is 2.42. The number of nitrogens with zero attached hydrogens (tertiary/aromatic N) is 2. The second-order valence-corrected chi connectivity index (χ2v) is 3.11. The highest BCUT2D eigenvalue weighted by Gasteiger charge is 2.22. The van der Waals surface area contributed by atoms with Crippen molar-refractivity contribution in [2.24, 2.45) is 5.73 Å². The van der Waals surface area contributed by atoms with E-state index < -0.39 is 0 Å². The minimum Gasteiger partial charge on any atom is -0.368 e. The number of aromatic nitrogens is 2. The summed E-state index contributed by atoms with van der Waals surface area (Å²) in [6.45, 7) is 0.656. The molecule has 0 bridgehead atoms. The summed E-state index contributed by atoms with van der Waals surface area (Å²) < 4.78 is 0. The molecular formula is C8H12N4. The molecule has 1 unspecified atom stereocenters. The van der Waals surface area contributed by atoms with E-state index in [0.717, 1.165) is 18.5 Å². The summed E-state index contributed by atoms with van der Waals surface area (Å²) in [5.74, 6) is 0.749. The summed E-state index contributed by atoms with van der Waals surface area (Å²) >= 11 is 0. The fourth-order valence-electron chi connectivity index (χ4n) is 1.68. The lowest BCUT2D eigenvalue weighted by Crippen LogP contribution is -2.11. The number of nitrogen functional groups attached to an aromatic ring is 1. The highest BCUT2D eigenvalue weighted by Crippen LogP contribution is 2.29. The Bertz CT molecular complexity index is 297. The van der Waals surface area contributed by atoms with Gasteiger partial charge in [-0.05, 0) is 18.4 Å². The molecule has 0 fully saturated rings. The molecule has 0 aromatic carbocycles. The molecule has 0 aliphatic heterocycles. The van der Waals surface area contributed by atoms with E-state index in [1.165, 1.54) is 5.56 Å². The van der Waals surface area contributed by atoms with Crippen molar-refractivity contribution in [3.05, 3.63) is 17.5 Å². The van der Waals surface area contributed by atoms with Crippen LogP contribution < -0.4 is 11.5 Å². The van der Waals surface area contributed by atoms with Crippen LogP contribution in [0, 0.1) is 0 Å². The van der Waals surface area contributed by atoms with Crippen LogP contribution in [-0.2, 0) is 6.42 Å². The standard InChI is InChI=1S/C8H12N4/c9-3-5-1-2-6-4-11-8(10)12-7(5)6/h4-5H,1-3,9H2,(H2,10,11,12). The van der Waals surface area contributed by atoms with Gasteiger partial charge in [-0.1, -0.05) is 0 Å². The van der Waals surface area contributed by atoms with Crippen LogP contribution in [0.25, 0.3) is 0 Å². The summed E-state index contributed by atoms with van der Waals surface area (Å²) in [4.78, 5) is 8.14. The number of hydrogen-bond donors (Lipinski definition) is 2. The number of aryl methyl sites for hydroxylation is 1. The highest BCUT2D eigenvalue weighted by atomic mass is 15.0. The predicted molar refractivity (Wildman–Crippen MR) is 46.6 cm³/mol. The zero-order valence-corrected chi connectivity index (χ0v) is 6.83. The largest absolute Gasteiger partial charge is 0.368 e. The fraction of sp³-hybridized carbons (Fsp3) is 0.500. The Morgan fingerprint density at radius 2 is 2.42 bits per heavy atom. The molecule has 0 amide bonds. The second kappa shape index (κ2) is 2.71. The van der Waals surface area contributed by atoms with Crippen molar-refractivity contribution in [3.8, 4) is 0 Å². The summed E-state index contributed by atoms with van der Waals surface area (Å²) in [6, 6.07) is 0. The Morgan fingerprint density at radius 1 is 1.58 bits per heavy atom. The van der Waals surface area contributed by atoms with Crippen LogP contribution in [0.1, 0.15) is 23.6 Å². The summed E-state index contributed by atoms with van der Waals surface area (Å²) in [5, 5.41) is 0. The first kappa shape index (κ1) is 7.49. The topological polar surface area (TPSA) is 77.8 Å². The molecule has 1 aromatic rings. The van der Waals surface area contributed by atoms with Crippen molar-refractivity contribution in [2.45, 2.75) is 18.8 Å². The monoisotopic (exact) mass is 164 g/mol. The maximum atomic E-state index is 5.60. The summed E-state index contributed by atoms with van der Waals surface area (Å²) in [6.07, 6.45) is 3.94. The van der Waals surface area contributed by atoms with Gasteiger partial charge in [0, 0.05) is 18.7 Å². The van der Waals surface area contributed by atoms with E-state index in [2.05, 4.69) is 9.97 Å². The Hall–Kier alpha value is -1.16. The Labute approximate surface area is 71.0 Å². The van der Waals surface area contributed by atoms with Crippen molar-refractivity contribution in [1.82, 2.24) is 9.97 Å². The van der Waals surface area contributed by atoms with Gasteiger partial charge in [-0.15, -0.1) is 0 Å². The number of anilines is 1. The maximum absolute atomic E-state index is 5.60. The molecule has 1 atom stereocenters. The van der Waals surface area contributed by atoms with Crippen molar-refractivity contribution in [2.75, 3.05) is 12.3 Å². The van der Waals surface area contributed by atoms with E-state index in [-0.39, 0.29) is 0 Å². The Morgan fingerprint density at radius 3 is 3.17 bits per heavy atom. The first-order chi connectivity index (χ1) is 5.81. The molecule has 1 aliphatic carbocycles. The lowest BCUT2D eigenvalue weighted by Gasteiger charge is -2.05. The lowest BCUT2D eigenvalue weighted by atomic mass is 10.1. The van der Waals surface area contributed by atoms with Gasteiger partial charge in [0.2, 0.25) is 5.95 Å². The first-order valence-corrected chi connectivity index (χ1v) is 4.12. The maximum Gasteiger partial charge on any atom is 0.220 e. The minimum atomic E-state index is 0.356. The van der Waals surface area contributed by atoms with Crippen LogP contribution in [-0.4, -0.2) is 16.5 Å². The smallest absolute Gasteiger partial charge is 0.220 e. The van der Waals surface area contributed by atoms with Gasteiger partial charge in [-0.2, -0.15) is 0 Å². The molecule has 2 rings (SSSR count). The van der Waals surface area contributed by atoms with E-state index in [0.29, 0.717) is 18.4 Å². The van der Waals surface area contributed by atoms with Crippen LogP contribution >= 0.6 is 0 Å². The summed E-state index contributed by atoms with van der Waals surface area (Å²) in [7, 11) is 0. The third-order valence-electron chi connectivity index (χ3n) is 2.35. The lowest BCUT2D eigenvalue weighted by molar-refractivity contribution is 0.674. The predicted octanol–water partition coefficient (Wildman–Crippen LogP) is 0.0473. The van der Waals surface area contributed by atoms with E-state index in [9.17, 15) is 0 Å². The summed E-state index contributed by atoms with van der Waals surface area (Å²) in [5.41, 5.74) is 13.4. The van der Waals surface area contributed by atoms with E-state index in [1.54, 1.807) is 0 Å². The molecule has 12 heavy (non-hydrogen) atoms. The number of fused-ring (bicyclic) bond motifs is 1. The number of nitrogens with two attached hydrogens (primary N) is 2. The Kier molecular flexibility index (Phi) is 1.69. The van der Waals surface area contributed by atoms with Crippen LogP contribution in [0.15, 0.2) is 6.20 Å². The van der Waals surface area contributed by atoms with Gasteiger partial charge in [0.05, 0.1) is 5.69 Å². The molecule has 0 saturated heterocycles. The average molecular weight is 164 g/mol. The third kappa shape index (κ3) is 1.04. The van der Waals surface area contributed by atoms with Crippen molar-refractivity contribution < 1.29 is 0 Å². The molecule has 1 aliphatic rings. The third-order valence-corrected chi connectivity index (χ3v) is 2.35. The van der Waals surface area contributed by atoms with Gasteiger partial charge < -0.3 is 11.5 Å². The molecule has 1 heterocycles. The van der Waals surface area contributed by atoms with Crippen molar-refractivity contribution >= 4 is 5.95 Å². The quantitative estimate of drug-likeness (QED) is 0.614. The number of rotatable bonds is 1. The van der Waals surface area contributed by atoms with E-state index >= 15 is 0 Å². The fourth-order valence-corrected chi connectivity index (χ4v) is 1.68. The molecule has 4 heteroatoms. The van der Waals surface area contributed by atoms with Crippen molar-refractivity contribution in [3.63, 3.8) is 0 Å². The molecular weight excluding hydrogens is 152 g/mol. The van der Waals surface area contributed by atoms with Gasteiger partial charge in [0.25, 0.3) is 0 Å². The molecule has 0 radical (unpaired) electrons. The van der Waals surface area contributed by atoms with E-state index in [4.69, 9.17) is 11.5 Å². The molecule has 4 N–H and O–H groups in total. The molecule has 0 saturated carbocycles. The average Bonchev–Trinajstić information content (AvgIpc) is 2.46. The van der Waals surface area contributed by atoms with Gasteiger partial charge in [-0.25, -0.2) is 9.97 Å². The molecule has 4 nitrogen and oxygen atoms in total. The van der Waals surface area contributed by atoms with Gasteiger partial charge in [0.15, 0.2) is 0 Å². The highest BCUT2D eigenvalue weighted by molar-refractivity contribution is 5.31. The van der Waals surface area contributed by atoms with Crippen LogP contribution in [0.2, 0.25) is 0 Å². The first-order valence-electron chi connectivity index (χ1n) is 4.12. The van der Waals surface area contributed by atoms with Crippen LogP contribution in [0.5, 0.6) is 0 Å². The zero-order chi connectivity index (χ0) is 8.55. The minimum absolute atomic E-state index is 0.356. The SMILES string of the molecule is NCC1CCc2cnc(N)nc21. The number of hydrogen-bond acceptors (Lipinski definition) is 4. The van der Waals surface area contributed by atoms with Crippen molar-refractivity contribution in [1.29, 1.82) is 0 Å².